The summed E-state index contributed by atoms with van der Waals surface area (Å²) in [5.41, 5.74) is 2.39. The van der Waals surface area contributed by atoms with Crippen LogP contribution in [0.3, 0.4) is 0 Å². The monoisotopic (exact) mass is 463 g/mol. The van der Waals surface area contributed by atoms with Gasteiger partial charge in [-0.05, 0) is 54.7 Å². The molecule has 0 aliphatic heterocycles. The normalized spacial score (nSPS) is 12.7. The van der Waals surface area contributed by atoms with Gasteiger partial charge in [0, 0.05) is 18.8 Å². The molecule has 3 rings (SSSR count). The zero-order valence-electron chi connectivity index (χ0n) is 17.5. The van der Waals surface area contributed by atoms with Crippen molar-refractivity contribution in [2.45, 2.75) is 30.7 Å². The Morgan fingerprint density at radius 1 is 1.19 bits per heavy atom. The highest BCUT2D eigenvalue weighted by Gasteiger charge is 2.26. The summed E-state index contributed by atoms with van der Waals surface area (Å²) in [7, 11) is -2.49. The average Bonchev–Trinajstić information content (AvgIpc) is 3.04. The van der Waals surface area contributed by atoms with Gasteiger partial charge in [-0.25, -0.2) is 13.2 Å². The molecule has 2 N–H and O–H groups in total. The van der Waals surface area contributed by atoms with Gasteiger partial charge in [0.2, 0.25) is 15.9 Å². The van der Waals surface area contributed by atoms with Gasteiger partial charge in [-0.15, -0.1) is 0 Å². The lowest BCUT2D eigenvalue weighted by Gasteiger charge is -2.18. The molecule has 8 nitrogen and oxygen atoms in total. The van der Waals surface area contributed by atoms with Gasteiger partial charge in [0.1, 0.15) is 6.04 Å². The van der Waals surface area contributed by atoms with Crippen LogP contribution < -0.4 is 15.8 Å². The molecule has 0 fully saturated rings. The molecule has 1 aromatic heterocycles. The second kappa shape index (κ2) is 9.71. The van der Waals surface area contributed by atoms with Crippen molar-refractivity contribution in [1.82, 2.24) is 9.29 Å². The van der Waals surface area contributed by atoms with Crippen LogP contribution in [0.15, 0.2) is 56.6 Å². The number of oxazole rings is 1. The van der Waals surface area contributed by atoms with E-state index in [2.05, 4.69) is 10.0 Å². The van der Waals surface area contributed by atoms with Crippen molar-refractivity contribution in [3.05, 3.63) is 58.6 Å². The van der Waals surface area contributed by atoms with E-state index in [9.17, 15) is 18.0 Å². The number of aromatic nitrogens is 1. The Labute approximate surface area is 185 Å². The Balaban J connectivity index is 1.82. The van der Waals surface area contributed by atoms with E-state index in [1.165, 1.54) is 41.6 Å². The lowest BCUT2D eigenvalue weighted by Crippen LogP contribution is -2.44. The Morgan fingerprint density at radius 3 is 2.55 bits per heavy atom. The molecule has 1 atom stereocenters. The fourth-order valence-corrected chi connectivity index (χ4v) is 4.79. The molecule has 0 aliphatic rings. The Bertz CT molecular complexity index is 1230. The second-order valence-electron chi connectivity index (χ2n) is 7.05. The number of fused-ring (bicyclic) bond motifs is 1. The Morgan fingerprint density at radius 2 is 1.90 bits per heavy atom. The summed E-state index contributed by atoms with van der Waals surface area (Å²) in [6.45, 7) is 2.04. The van der Waals surface area contributed by atoms with Crippen LogP contribution in [0.4, 0.5) is 5.69 Å². The molecule has 10 heteroatoms. The van der Waals surface area contributed by atoms with Crippen LogP contribution >= 0.6 is 11.8 Å². The quantitative estimate of drug-likeness (QED) is 0.505. The molecule has 0 saturated carbocycles. The van der Waals surface area contributed by atoms with Crippen molar-refractivity contribution in [2.75, 3.05) is 17.3 Å². The topological polar surface area (TPSA) is 110 Å². The molecule has 0 bridgehead atoms. The summed E-state index contributed by atoms with van der Waals surface area (Å²) >= 11 is 1.52. The first-order valence-electron chi connectivity index (χ1n) is 9.76. The number of aryl methyl sites for hydroxylation is 2. The standard InChI is InChI=1S/C21H25N3O5S2/c1-4-14-5-7-15(8-6-14)22-20(25)17(11-12-30-3)23-31(27,28)16-9-10-18-19(13-16)29-21(26)24(18)2/h5-10,13,17,23H,4,11-12H2,1-3H3,(H,22,25). The number of sulfonamides is 1. The highest BCUT2D eigenvalue weighted by molar-refractivity contribution is 7.98. The number of anilines is 1. The van der Waals surface area contributed by atoms with E-state index in [0.717, 1.165) is 12.0 Å². The molecule has 1 amide bonds. The third-order valence-corrected chi connectivity index (χ3v) is 7.04. The molecular weight excluding hydrogens is 438 g/mol. The van der Waals surface area contributed by atoms with Crippen molar-refractivity contribution >= 4 is 44.5 Å². The molecule has 2 aromatic carbocycles. The van der Waals surface area contributed by atoms with E-state index < -0.39 is 27.7 Å². The smallest absolute Gasteiger partial charge is 0.408 e. The number of hydrogen-bond donors (Lipinski definition) is 2. The average molecular weight is 464 g/mol. The Hall–Kier alpha value is -2.56. The predicted octanol–water partition coefficient (Wildman–Crippen LogP) is 2.73. The number of carbonyl (C=O) groups excluding carboxylic acids is 1. The minimum atomic E-state index is -4.02. The molecule has 0 aliphatic carbocycles. The van der Waals surface area contributed by atoms with E-state index in [1.807, 2.05) is 25.3 Å². The van der Waals surface area contributed by atoms with Crippen LogP contribution in [0.5, 0.6) is 0 Å². The lowest BCUT2D eigenvalue weighted by molar-refractivity contribution is -0.117. The fraction of sp³-hybridized carbons (Fsp3) is 0.333. The zero-order valence-corrected chi connectivity index (χ0v) is 19.2. The summed E-state index contributed by atoms with van der Waals surface area (Å²) in [5.74, 6) is -0.417. The van der Waals surface area contributed by atoms with Gasteiger partial charge in [0.15, 0.2) is 5.58 Å². The first kappa shape index (κ1) is 23.1. The van der Waals surface area contributed by atoms with E-state index in [1.54, 1.807) is 12.1 Å². The molecule has 0 saturated heterocycles. The maximum atomic E-state index is 13.0. The SMILES string of the molecule is CCc1ccc(NC(=O)C(CCSC)NS(=O)(=O)c2ccc3c(c2)oc(=O)n3C)cc1. The van der Waals surface area contributed by atoms with Crippen molar-refractivity contribution in [2.24, 2.45) is 7.05 Å². The Kier molecular flexibility index (Phi) is 7.24. The number of thioether (sulfide) groups is 1. The number of carbonyl (C=O) groups is 1. The number of nitrogens with one attached hydrogen (secondary N) is 2. The van der Waals surface area contributed by atoms with Gasteiger partial charge in [-0.2, -0.15) is 16.5 Å². The highest BCUT2D eigenvalue weighted by Crippen LogP contribution is 2.19. The van der Waals surface area contributed by atoms with Crippen LogP contribution in [0.25, 0.3) is 11.1 Å². The summed E-state index contributed by atoms with van der Waals surface area (Å²) in [5, 5.41) is 2.78. The number of benzene rings is 2. The molecule has 1 unspecified atom stereocenters. The van der Waals surface area contributed by atoms with Gasteiger partial charge < -0.3 is 9.73 Å². The van der Waals surface area contributed by atoms with Crippen molar-refractivity contribution in [1.29, 1.82) is 0 Å². The van der Waals surface area contributed by atoms with Gasteiger partial charge >= 0.3 is 5.76 Å². The minimum Gasteiger partial charge on any atom is -0.408 e. The number of rotatable bonds is 9. The van der Waals surface area contributed by atoms with Crippen molar-refractivity contribution < 1.29 is 17.6 Å². The fourth-order valence-electron chi connectivity index (χ4n) is 3.07. The molecule has 0 radical (unpaired) electrons. The van der Waals surface area contributed by atoms with Gasteiger partial charge in [-0.3, -0.25) is 9.36 Å². The third-order valence-electron chi connectivity index (χ3n) is 4.93. The maximum Gasteiger partial charge on any atom is 0.419 e. The van der Waals surface area contributed by atoms with Crippen LogP contribution in [-0.2, 0) is 28.3 Å². The van der Waals surface area contributed by atoms with Crippen LogP contribution in [0.1, 0.15) is 18.9 Å². The minimum absolute atomic E-state index is 0.0800. The third kappa shape index (κ3) is 5.38. The second-order valence-corrected chi connectivity index (χ2v) is 9.75. The first-order valence-corrected chi connectivity index (χ1v) is 12.6. The van der Waals surface area contributed by atoms with Crippen LogP contribution in [0.2, 0.25) is 0 Å². The summed E-state index contributed by atoms with van der Waals surface area (Å²) in [4.78, 5) is 24.4. The number of nitrogens with zero attached hydrogens (tertiary/aromatic N) is 1. The van der Waals surface area contributed by atoms with E-state index in [-0.39, 0.29) is 10.5 Å². The first-order chi connectivity index (χ1) is 14.7. The van der Waals surface area contributed by atoms with E-state index in [4.69, 9.17) is 4.42 Å². The van der Waals surface area contributed by atoms with Gasteiger partial charge in [-0.1, -0.05) is 19.1 Å². The highest BCUT2D eigenvalue weighted by atomic mass is 32.2. The molecular formula is C21H25N3O5S2. The number of amides is 1. The van der Waals surface area contributed by atoms with Crippen LogP contribution in [0, 0.1) is 0 Å². The summed E-state index contributed by atoms with van der Waals surface area (Å²) < 4.78 is 34.8. The lowest BCUT2D eigenvalue weighted by atomic mass is 10.1. The molecule has 3 aromatic rings. The summed E-state index contributed by atoms with van der Waals surface area (Å²) in [6.07, 6.45) is 3.09. The molecule has 0 spiro atoms. The van der Waals surface area contributed by atoms with Gasteiger partial charge in [0.25, 0.3) is 0 Å². The molecule has 166 valence electrons. The maximum absolute atomic E-state index is 13.0. The van der Waals surface area contributed by atoms with Crippen molar-refractivity contribution in [3.63, 3.8) is 0 Å². The predicted molar refractivity (Wildman–Crippen MR) is 123 cm³/mol. The number of hydrogen-bond acceptors (Lipinski definition) is 6. The van der Waals surface area contributed by atoms with E-state index in [0.29, 0.717) is 23.4 Å². The molecule has 1 heterocycles. The van der Waals surface area contributed by atoms with E-state index >= 15 is 0 Å². The van der Waals surface area contributed by atoms with Crippen LogP contribution in [-0.4, -0.2) is 36.9 Å². The van der Waals surface area contributed by atoms with Crippen molar-refractivity contribution in [3.8, 4) is 0 Å². The zero-order chi connectivity index (χ0) is 22.6. The molecule has 31 heavy (non-hydrogen) atoms. The summed E-state index contributed by atoms with van der Waals surface area (Å²) in [6, 6.07) is 10.6. The largest absolute Gasteiger partial charge is 0.419 e. The van der Waals surface area contributed by atoms with Gasteiger partial charge in [0.05, 0.1) is 10.4 Å².